The minimum Gasteiger partial charge on any atom is -0.459 e. The monoisotopic (exact) mass is 432 g/mol. The second-order valence-electron chi connectivity index (χ2n) is 7.24. The molecule has 3 aromatic rings. The summed E-state index contributed by atoms with van der Waals surface area (Å²) in [5.41, 5.74) is 1.02. The summed E-state index contributed by atoms with van der Waals surface area (Å²) in [6.07, 6.45) is 0. The number of benzene rings is 2. The van der Waals surface area contributed by atoms with Gasteiger partial charge in [0.25, 0.3) is 5.91 Å². The molecule has 0 aliphatic rings. The lowest BCUT2D eigenvalue weighted by molar-refractivity contribution is -0.124. The van der Waals surface area contributed by atoms with Gasteiger partial charge in [-0.25, -0.2) is 0 Å². The highest BCUT2D eigenvalue weighted by atomic mass is 35.5. The van der Waals surface area contributed by atoms with Crippen molar-refractivity contribution >= 4 is 46.0 Å². The van der Waals surface area contributed by atoms with Gasteiger partial charge >= 0.3 is 0 Å². The van der Waals surface area contributed by atoms with E-state index in [2.05, 4.69) is 10.6 Å². The number of halogens is 2. The second kappa shape index (κ2) is 8.89. The molecule has 5 nitrogen and oxygen atoms in total. The Labute approximate surface area is 179 Å². The molecule has 0 bridgehead atoms. The van der Waals surface area contributed by atoms with Crippen LogP contribution in [0.25, 0.3) is 11.0 Å². The minimum absolute atomic E-state index is 0.132. The van der Waals surface area contributed by atoms with Crippen LogP contribution in [0.15, 0.2) is 52.9 Å². The van der Waals surface area contributed by atoms with Crippen molar-refractivity contribution in [3.63, 3.8) is 0 Å². The molecular formula is C22H22Cl2N2O3. The zero-order valence-electron chi connectivity index (χ0n) is 16.3. The standard InChI is InChI=1S/C22H22Cl2N2O3/c1-12(2)20(26-21(27)16-9-8-15(23)11-17(16)24)22(28)25-13(3)19-10-14-6-4-5-7-18(14)29-19/h4-13,20H,1-3H3,(H,25,28)(H,26,27)/t13-,20+/m0/s1. The molecule has 0 saturated heterocycles. The quantitative estimate of drug-likeness (QED) is 0.549. The lowest BCUT2D eigenvalue weighted by atomic mass is 10.0. The molecule has 3 rings (SSSR count). The van der Waals surface area contributed by atoms with Gasteiger partial charge in [0, 0.05) is 10.4 Å². The molecule has 0 spiro atoms. The second-order valence-corrected chi connectivity index (χ2v) is 8.08. The summed E-state index contributed by atoms with van der Waals surface area (Å²) in [5, 5.41) is 7.32. The fourth-order valence-corrected chi connectivity index (χ4v) is 3.51. The van der Waals surface area contributed by atoms with Crippen LogP contribution in [0, 0.1) is 5.92 Å². The molecular weight excluding hydrogens is 411 g/mol. The molecule has 2 N–H and O–H groups in total. The molecule has 0 radical (unpaired) electrons. The molecule has 2 atom stereocenters. The van der Waals surface area contributed by atoms with Gasteiger partial charge in [0.15, 0.2) is 0 Å². The van der Waals surface area contributed by atoms with Gasteiger partial charge in [-0.15, -0.1) is 0 Å². The number of furan rings is 1. The van der Waals surface area contributed by atoms with Crippen LogP contribution in [-0.4, -0.2) is 17.9 Å². The van der Waals surface area contributed by atoms with Crippen LogP contribution >= 0.6 is 23.2 Å². The molecule has 29 heavy (non-hydrogen) atoms. The molecule has 2 aromatic carbocycles. The smallest absolute Gasteiger partial charge is 0.253 e. The van der Waals surface area contributed by atoms with Crippen molar-refractivity contribution in [3.05, 3.63) is 69.9 Å². The number of rotatable bonds is 6. The van der Waals surface area contributed by atoms with Gasteiger partial charge in [0.2, 0.25) is 5.91 Å². The summed E-state index contributed by atoms with van der Waals surface area (Å²) in [5.74, 6) is -0.217. The number of hydrogen-bond acceptors (Lipinski definition) is 3. The van der Waals surface area contributed by atoms with Gasteiger partial charge in [-0.2, -0.15) is 0 Å². The highest BCUT2D eigenvalue weighted by molar-refractivity contribution is 6.36. The summed E-state index contributed by atoms with van der Waals surface area (Å²) in [7, 11) is 0. The Morgan fingerprint density at radius 2 is 1.69 bits per heavy atom. The Kier molecular flexibility index (Phi) is 6.50. The van der Waals surface area contributed by atoms with Crippen LogP contribution in [-0.2, 0) is 4.79 Å². The zero-order chi connectivity index (χ0) is 21.1. The SMILES string of the molecule is CC(C)[C@@H](NC(=O)c1ccc(Cl)cc1Cl)C(=O)N[C@@H](C)c1cc2ccccc2o1. The van der Waals surface area contributed by atoms with E-state index in [0.29, 0.717) is 10.8 Å². The highest BCUT2D eigenvalue weighted by Gasteiger charge is 2.27. The van der Waals surface area contributed by atoms with Crippen molar-refractivity contribution in [3.8, 4) is 0 Å². The lowest BCUT2D eigenvalue weighted by Gasteiger charge is -2.23. The molecule has 0 fully saturated rings. The first-order valence-electron chi connectivity index (χ1n) is 9.31. The molecule has 152 valence electrons. The fourth-order valence-electron chi connectivity index (χ4n) is 3.02. The van der Waals surface area contributed by atoms with E-state index in [1.165, 1.54) is 12.1 Å². The number of fused-ring (bicyclic) bond motifs is 1. The first-order chi connectivity index (χ1) is 13.8. The summed E-state index contributed by atoms with van der Waals surface area (Å²) in [6, 6.07) is 13.1. The van der Waals surface area contributed by atoms with E-state index >= 15 is 0 Å². The average molecular weight is 433 g/mol. The fraction of sp³-hybridized carbons (Fsp3) is 0.273. The first kappa shape index (κ1) is 21.2. The van der Waals surface area contributed by atoms with Crippen molar-refractivity contribution in [2.24, 2.45) is 5.92 Å². The number of para-hydroxylation sites is 1. The summed E-state index contributed by atoms with van der Waals surface area (Å²) in [4.78, 5) is 25.5. The van der Waals surface area contributed by atoms with Gasteiger partial charge in [-0.1, -0.05) is 55.2 Å². The predicted octanol–water partition coefficient (Wildman–Crippen LogP) is 5.37. The minimum atomic E-state index is -0.735. The van der Waals surface area contributed by atoms with Crippen molar-refractivity contribution in [2.75, 3.05) is 0 Å². The molecule has 7 heteroatoms. The summed E-state index contributed by atoms with van der Waals surface area (Å²) in [6.45, 7) is 5.56. The molecule has 0 saturated carbocycles. The van der Waals surface area contributed by atoms with Gasteiger partial charge in [0.1, 0.15) is 17.4 Å². The summed E-state index contributed by atoms with van der Waals surface area (Å²) >= 11 is 12.0. The molecule has 1 heterocycles. The van der Waals surface area contributed by atoms with Gasteiger partial charge < -0.3 is 15.1 Å². The predicted molar refractivity (Wildman–Crippen MR) is 115 cm³/mol. The molecule has 0 unspecified atom stereocenters. The summed E-state index contributed by atoms with van der Waals surface area (Å²) < 4.78 is 5.82. The van der Waals surface area contributed by atoms with E-state index in [0.717, 1.165) is 11.0 Å². The Hall–Kier alpha value is -2.50. The van der Waals surface area contributed by atoms with Crippen molar-refractivity contribution in [1.29, 1.82) is 0 Å². The topological polar surface area (TPSA) is 71.3 Å². The van der Waals surface area contributed by atoms with Crippen LogP contribution in [0.3, 0.4) is 0 Å². The van der Waals surface area contributed by atoms with Gasteiger partial charge in [0.05, 0.1) is 16.6 Å². The van der Waals surface area contributed by atoms with Crippen LogP contribution in [0.4, 0.5) is 0 Å². The maximum absolute atomic E-state index is 12.9. The van der Waals surface area contributed by atoms with E-state index in [-0.39, 0.29) is 28.5 Å². The first-order valence-corrected chi connectivity index (χ1v) is 10.1. The van der Waals surface area contributed by atoms with E-state index in [9.17, 15) is 9.59 Å². The van der Waals surface area contributed by atoms with Crippen molar-refractivity contribution < 1.29 is 14.0 Å². The van der Waals surface area contributed by atoms with E-state index in [4.69, 9.17) is 27.6 Å². The van der Waals surface area contributed by atoms with E-state index in [1.54, 1.807) is 6.07 Å². The third-order valence-corrected chi connectivity index (χ3v) is 5.19. The van der Waals surface area contributed by atoms with E-state index < -0.39 is 11.9 Å². The van der Waals surface area contributed by atoms with Gasteiger partial charge in [-0.3, -0.25) is 9.59 Å². The maximum Gasteiger partial charge on any atom is 0.253 e. The number of nitrogens with one attached hydrogen (secondary N) is 2. The van der Waals surface area contributed by atoms with Crippen LogP contribution in [0.5, 0.6) is 0 Å². The largest absolute Gasteiger partial charge is 0.459 e. The Morgan fingerprint density at radius 1 is 0.966 bits per heavy atom. The van der Waals surface area contributed by atoms with Crippen molar-refractivity contribution in [1.82, 2.24) is 10.6 Å². The zero-order valence-corrected chi connectivity index (χ0v) is 17.8. The lowest BCUT2D eigenvalue weighted by Crippen LogP contribution is -2.50. The van der Waals surface area contributed by atoms with Crippen LogP contribution < -0.4 is 10.6 Å². The molecule has 1 aromatic heterocycles. The number of hydrogen-bond donors (Lipinski definition) is 2. The molecule has 0 aliphatic carbocycles. The maximum atomic E-state index is 12.9. The third-order valence-electron chi connectivity index (χ3n) is 4.64. The van der Waals surface area contributed by atoms with Crippen molar-refractivity contribution in [2.45, 2.75) is 32.9 Å². The highest BCUT2D eigenvalue weighted by Crippen LogP contribution is 2.24. The average Bonchev–Trinajstić information content (AvgIpc) is 3.10. The Morgan fingerprint density at radius 3 is 2.34 bits per heavy atom. The number of amides is 2. The normalized spacial score (nSPS) is 13.3. The van der Waals surface area contributed by atoms with Gasteiger partial charge in [-0.05, 0) is 43.2 Å². The number of carbonyl (C=O) groups excluding carboxylic acids is 2. The molecule has 2 amide bonds. The Bertz CT molecular complexity index is 1010. The number of carbonyl (C=O) groups is 2. The van der Waals surface area contributed by atoms with Crippen LogP contribution in [0.1, 0.15) is 42.9 Å². The van der Waals surface area contributed by atoms with Crippen LogP contribution in [0.2, 0.25) is 10.0 Å². The molecule has 0 aliphatic heterocycles. The third kappa shape index (κ3) is 4.92. The Balaban J connectivity index is 1.72. The van der Waals surface area contributed by atoms with E-state index in [1.807, 2.05) is 51.1 Å².